The summed E-state index contributed by atoms with van der Waals surface area (Å²) in [6, 6.07) is 7.22. The molecule has 9 heteroatoms. The number of rotatable bonds is 7. The van der Waals surface area contributed by atoms with Crippen LogP contribution in [0.4, 0.5) is 5.69 Å². The number of benzene rings is 1. The summed E-state index contributed by atoms with van der Waals surface area (Å²) in [5.41, 5.74) is 0.584. The van der Waals surface area contributed by atoms with Crippen molar-refractivity contribution < 1.29 is 17.9 Å². The summed E-state index contributed by atoms with van der Waals surface area (Å²) in [5, 5.41) is 3.84. The van der Waals surface area contributed by atoms with Crippen molar-refractivity contribution in [3.63, 3.8) is 0 Å². The van der Waals surface area contributed by atoms with Gasteiger partial charge in [0.25, 0.3) is 5.91 Å². The third-order valence-electron chi connectivity index (χ3n) is 4.63. The monoisotopic (exact) mass is 411 g/mol. The number of sulfonamides is 1. The molecule has 1 saturated heterocycles. The quantitative estimate of drug-likeness (QED) is 0.703. The zero-order valence-electron chi connectivity index (χ0n) is 15.6. The van der Waals surface area contributed by atoms with Gasteiger partial charge in [0.05, 0.1) is 30.0 Å². The molecule has 0 radical (unpaired) electrons. The molecule has 1 amide bonds. The highest BCUT2D eigenvalue weighted by atomic mass is 32.2. The molecule has 0 saturated carbocycles. The van der Waals surface area contributed by atoms with Crippen LogP contribution < -0.4 is 9.62 Å². The van der Waals surface area contributed by atoms with Crippen molar-refractivity contribution >= 4 is 43.0 Å². The minimum absolute atomic E-state index is 0.0869. The molecule has 148 valence electrons. The van der Waals surface area contributed by atoms with Crippen LogP contribution in [0.5, 0.6) is 0 Å². The van der Waals surface area contributed by atoms with E-state index in [9.17, 15) is 13.2 Å². The maximum Gasteiger partial charge on any atom is 0.261 e. The Kier molecular flexibility index (Phi) is 6.36. The van der Waals surface area contributed by atoms with Gasteiger partial charge in [0, 0.05) is 31.4 Å². The predicted octanol–water partition coefficient (Wildman–Crippen LogP) is 1.75. The van der Waals surface area contributed by atoms with Gasteiger partial charge in [-0.3, -0.25) is 14.0 Å². The molecule has 2 aromatic rings. The molecule has 27 heavy (non-hydrogen) atoms. The summed E-state index contributed by atoms with van der Waals surface area (Å²) in [4.78, 5) is 15.4. The minimum Gasteiger partial charge on any atom is -0.379 e. The number of nitrogens with one attached hydrogen (secondary N) is 1. The Hall–Kier alpha value is -1.68. The zero-order chi connectivity index (χ0) is 19.4. The number of hydrogen-bond donors (Lipinski definition) is 1. The third kappa shape index (κ3) is 5.19. The van der Waals surface area contributed by atoms with Crippen LogP contribution in [-0.4, -0.2) is 71.9 Å². The molecule has 3 rings (SSSR count). The lowest BCUT2D eigenvalue weighted by Gasteiger charge is -2.26. The SMILES string of the molecule is CN(c1ccc2sc(C(=O)NCCCN3CCOCC3)cc2c1)S(C)(=O)=O. The Bertz CT molecular complexity index is 904. The summed E-state index contributed by atoms with van der Waals surface area (Å²) in [6.45, 7) is 5.06. The molecular formula is C18H25N3O4S2. The smallest absolute Gasteiger partial charge is 0.261 e. The van der Waals surface area contributed by atoms with Crippen LogP contribution in [0, 0.1) is 0 Å². The van der Waals surface area contributed by atoms with E-state index in [1.165, 1.54) is 28.9 Å². The van der Waals surface area contributed by atoms with Gasteiger partial charge in [-0.2, -0.15) is 0 Å². The average molecular weight is 412 g/mol. The second kappa shape index (κ2) is 8.55. The van der Waals surface area contributed by atoms with E-state index < -0.39 is 10.0 Å². The van der Waals surface area contributed by atoms with E-state index in [0.717, 1.165) is 49.4 Å². The number of amides is 1. The minimum atomic E-state index is -3.31. The highest BCUT2D eigenvalue weighted by Crippen LogP contribution is 2.29. The Morgan fingerprint density at radius 3 is 2.74 bits per heavy atom. The van der Waals surface area contributed by atoms with Crippen molar-refractivity contribution in [3.05, 3.63) is 29.1 Å². The lowest BCUT2D eigenvalue weighted by molar-refractivity contribution is 0.0374. The molecule has 7 nitrogen and oxygen atoms in total. The standard InChI is InChI=1S/C18H25N3O4S2/c1-20(27(2,23)24)15-4-5-16-14(12-15)13-17(26-16)18(22)19-6-3-7-21-8-10-25-11-9-21/h4-5,12-13H,3,6-11H2,1-2H3,(H,19,22). The summed E-state index contributed by atoms with van der Waals surface area (Å²) in [7, 11) is -1.79. The Morgan fingerprint density at radius 1 is 1.30 bits per heavy atom. The van der Waals surface area contributed by atoms with Crippen LogP contribution in [0.25, 0.3) is 10.1 Å². The van der Waals surface area contributed by atoms with Gasteiger partial charge in [-0.15, -0.1) is 11.3 Å². The lowest BCUT2D eigenvalue weighted by atomic mass is 10.2. The van der Waals surface area contributed by atoms with Crippen molar-refractivity contribution in [1.29, 1.82) is 0 Å². The van der Waals surface area contributed by atoms with Crippen molar-refractivity contribution in [1.82, 2.24) is 10.2 Å². The molecule has 0 aliphatic carbocycles. The summed E-state index contributed by atoms with van der Waals surface area (Å²) in [5.74, 6) is -0.0869. The zero-order valence-corrected chi connectivity index (χ0v) is 17.2. The van der Waals surface area contributed by atoms with E-state index in [1.54, 1.807) is 12.1 Å². The van der Waals surface area contributed by atoms with Crippen molar-refractivity contribution in [3.8, 4) is 0 Å². The van der Waals surface area contributed by atoms with E-state index in [-0.39, 0.29) is 5.91 Å². The number of morpholine rings is 1. The summed E-state index contributed by atoms with van der Waals surface area (Å²) >= 11 is 1.41. The number of ether oxygens (including phenoxy) is 1. The van der Waals surface area contributed by atoms with Crippen LogP contribution in [-0.2, 0) is 14.8 Å². The topological polar surface area (TPSA) is 79.0 Å². The molecule has 1 N–H and O–H groups in total. The average Bonchev–Trinajstić information content (AvgIpc) is 3.08. The molecular weight excluding hydrogens is 386 g/mol. The van der Waals surface area contributed by atoms with Crippen molar-refractivity contribution in [2.24, 2.45) is 0 Å². The number of hydrogen-bond acceptors (Lipinski definition) is 6. The second-order valence-electron chi connectivity index (χ2n) is 6.63. The fourth-order valence-electron chi connectivity index (χ4n) is 2.95. The van der Waals surface area contributed by atoms with Crippen LogP contribution in [0.3, 0.4) is 0 Å². The molecule has 1 fully saturated rings. The first-order valence-electron chi connectivity index (χ1n) is 8.90. The van der Waals surface area contributed by atoms with E-state index in [1.807, 2.05) is 12.1 Å². The first kappa shape index (κ1) is 20.1. The predicted molar refractivity (Wildman–Crippen MR) is 109 cm³/mol. The van der Waals surface area contributed by atoms with Gasteiger partial charge >= 0.3 is 0 Å². The molecule has 2 heterocycles. The number of nitrogens with zero attached hydrogens (tertiary/aromatic N) is 2. The Labute approximate surface area is 164 Å². The Balaban J connectivity index is 1.58. The maximum absolute atomic E-state index is 12.4. The molecule has 0 unspecified atom stereocenters. The number of thiophene rings is 1. The summed E-state index contributed by atoms with van der Waals surface area (Å²) < 4.78 is 30.9. The first-order chi connectivity index (χ1) is 12.8. The lowest BCUT2D eigenvalue weighted by Crippen LogP contribution is -2.38. The molecule has 1 aromatic carbocycles. The van der Waals surface area contributed by atoms with E-state index in [2.05, 4.69) is 10.2 Å². The fraction of sp³-hybridized carbons (Fsp3) is 0.500. The largest absolute Gasteiger partial charge is 0.379 e. The van der Waals surface area contributed by atoms with Gasteiger partial charge < -0.3 is 10.1 Å². The number of anilines is 1. The van der Waals surface area contributed by atoms with Crippen LogP contribution >= 0.6 is 11.3 Å². The molecule has 0 atom stereocenters. The number of carbonyl (C=O) groups is 1. The number of carbonyl (C=O) groups excluding carboxylic acids is 1. The Morgan fingerprint density at radius 2 is 2.04 bits per heavy atom. The van der Waals surface area contributed by atoms with E-state index >= 15 is 0 Å². The highest BCUT2D eigenvalue weighted by molar-refractivity contribution is 7.92. The maximum atomic E-state index is 12.4. The first-order valence-corrected chi connectivity index (χ1v) is 11.6. The normalized spacial score (nSPS) is 15.8. The van der Waals surface area contributed by atoms with Crippen LogP contribution in [0.1, 0.15) is 16.1 Å². The van der Waals surface area contributed by atoms with Gasteiger partial charge in [0.2, 0.25) is 10.0 Å². The third-order valence-corrected chi connectivity index (χ3v) is 6.95. The van der Waals surface area contributed by atoms with Crippen LogP contribution in [0.15, 0.2) is 24.3 Å². The van der Waals surface area contributed by atoms with Gasteiger partial charge in [-0.25, -0.2) is 8.42 Å². The highest BCUT2D eigenvalue weighted by Gasteiger charge is 2.15. The van der Waals surface area contributed by atoms with E-state index in [4.69, 9.17) is 4.74 Å². The molecule has 1 aromatic heterocycles. The molecule has 1 aliphatic heterocycles. The fourth-order valence-corrected chi connectivity index (χ4v) is 4.40. The van der Waals surface area contributed by atoms with Crippen LogP contribution in [0.2, 0.25) is 0 Å². The summed E-state index contributed by atoms with van der Waals surface area (Å²) in [6.07, 6.45) is 2.07. The molecule has 1 aliphatic rings. The molecule has 0 bridgehead atoms. The van der Waals surface area contributed by atoms with Gasteiger partial charge in [-0.05, 0) is 42.6 Å². The van der Waals surface area contributed by atoms with Gasteiger partial charge in [-0.1, -0.05) is 0 Å². The van der Waals surface area contributed by atoms with Gasteiger partial charge in [0.15, 0.2) is 0 Å². The number of fused-ring (bicyclic) bond motifs is 1. The van der Waals surface area contributed by atoms with Gasteiger partial charge in [0.1, 0.15) is 0 Å². The molecule has 0 spiro atoms. The van der Waals surface area contributed by atoms with Crippen molar-refractivity contribution in [2.45, 2.75) is 6.42 Å². The second-order valence-corrected chi connectivity index (χ2v) is 9.72. The van der Waals surface area contributed by atoms with Crippen molar-refractivity contribution in [2.75, 3.05) is 57.0 Å². The van der Waals surface area contributed by atoms with E-state index in [0.29, 0.717) is 17.1 Å².